The van der Waals surface area contributed by atoms with Crippen molar-refractivity contribution in [2.24, 2.45) is 4.99 Å². The molecule has 1 N–H and O–H groups in total. The normalized spacial score (nSPS) is 15.1. The van der Waals surface area contributed by atoms with Gasteiger partial charge in [0.25, 0.3) is 5.56 Å². The van der Waals surface area contributed by atoms with Crippen molar-refractivity contribution in [1.82, 2.24) is 4.57 Å². The van der Waals surface area contributed by atoms with E-state index < -0.39 is 12.0 Å². The summed E-state index contributed by atoms with van der Waals surface area (Å²) in [5, 5.41) is 10.2. The molecular formula is C29H22I2N2O5S. The largest absolute Gasteiger partial charge is 0.506 e. The molecule has 4 aromatic rings. The van der Waals surface area contributed by atoms with Crippen LogP contribution in [0.25, 0.3) is 11.8 Å². The molecular weight excluding hydrogens is 742 g/mol. The number of fused-ring (bicyclic) bond motifs is 1. The summed E-state index contributed by atoms with van der Waals surface area (Å²) in [6.07, 6.45) is 1.79. The molecule has 0 unspecified atom stereocenters. The number of carbonyl (C=O) groups excluding carboxylic acids is 1. The van der Waals surface area contributed by atoms with Crippen LogP contribution in [0.3, 0.4) is 0 Å². The van der Waals surface area contributed by atoms with Crippen LogP contribution in [0.5, 0.6) is 11.5 Å². The van der Waals surface area contributed by atoms with E-state index >= 15 is 0 Å². The Kier molecular flexibility index (Phi) is 8.24. The molecule has 0 fully saturated rings. The quantitative estimate of drug-likeness (QED) is 0.224. The molecule has 3 aromatic carbocycles. The molecule has 10 heteroatoms. The van der Waals surface area contributed by atoms with Gasteiger partial charge in [-0.1, -0.05) is 53.8 Å². The maximum atomic E-state index is 14.0. The number of nitrogens with zero attached hydrogens (tertiary/aromatic N) is 2. The van der Waals surface area contributed by atoms with Gasteiger partial charge in [0.05, 0.1) is 42.7 Å². The monoisotopic (exact) mass is 764 g/mol. The van der Waals surface area contributed by atoms with Crippen LogP contribution in [-0.2, 0) is 9.53 Å². The van der Waals surface area contributed by atoms with Crippen LogP contribution in [-0.4, -0.2) is 29.4 Å². The number of benzene rings is 3. The van der Waals surface area contributed by atoms with Gasteiger partial charge in [0, 0.05) is 5.56 Å². The number of halogens is 2. The Morgan fingerprint density at radius 3 is 2.38 bits per heavy atom. The van der Waals surface area contributed by atoms with E-state index in [2.05, 4.69) is 45.2 Å². The first-order valence-electron chi connectivity index (χ1n) is 11.9. The number of hydrogen-bond acceptors (Lipinski definition) is 7. The number of ether oxygens (including phenoxy) is 2. The molecule has 39 heavy (non-hydrogen) atoms. The molecule has 2 heterocycles. The molecule has 0 bridgehead atoms. The Bertz CT molecular complexity index is 1750. The fourth-order valence-electron chi connectivity index (χ4n) is 4.36. The third-order valence-corrected chi connectivity index (χ3v) is 8.77. The van der Waals surface area contributed by atoms with Crippen LogP contribution in [0.2, 0.25) is 0 Å². The van der Waals surface area contributed by atoms with Crippen LogP contribution in [0.1, 0.15) is 29.7 Å². The summed E-state index contributed by atoms with van der Waals surface area (Å²) in [4.78, 5) is 32.8. The van der Waals surface area contributed by atoms with Gasteiger partial charge in [-0.15, -0.1) is 0 Å². The minimum Gasteiger partial charge on any atom is -0.506 e. The lowest BCUT2D eigenvalue weighted by Gasteiger charge is -2.26. The van der Waals surface area contributed by atoms with Gasteiger partial charge in [0.2, 0.25) is 0 Å². The van der Waals surface area contributed by atoms with Gasteiger partial charge in [-0.2, -0.15) is 0 Å². The zero-order valence-corrected chi connectivity index (χ0v) is 26.0. The average molecular weight is 764 g/mol. The van der Waals surface area contributed by atoms with E-state index in [4.69, 9.17) is 14.5 Å². The number of aromatic hydroxyl groups is 1. The highest BCUT2D eigenvalue weighted by Gasteiger charge is 2.35. The van der Waals surface area contributed by atoms with Gasteiger partial charge in [-0.05, 0) is 93.6 Å². The minimum absolute atomic E-state index is 0.183. The molecule has 0 amide bonds. The van der Waals surface area contributed by atoms with Gasteiger partial charge in [0.1, 0.15) is 11.5 Å². The summed E-state index contributed by atoms with van der Waals surface area (Å²) >= 11 is 5.39. The first-order valence-corrected chi connectivity index (χ1v) is 14.9. The summed E-state index contributed by atoms with van der Waals surface area (Å²) in [6.45, 7) is 1.93. The number of aromatic nitrogens is 1. The van der Waals surface area contributed by atoms with Crippen molar-refractivity contribution in [3.05, 3.63) is 116 Å². The third-order valence-electron chi connectivity index (χ3n) is 6.14. The summed E-state index contributed by atoms with van der Waals surface area (Å²) < 4.78 is 14.2. The van der Waals surface area contributed by atoms with Crippen LogP contribution in [0.4, 0.5) is 0 Å². The van der Waals surface area contributed by atoms with Crippen molar-refractivity contribution >= 4 is 74.3 Å². The Balaban J connectivity index is 1.82. The van der Waals surface area contributed by atoms with E-state index in [9.17, 15) is 14.7 Å². The summed E-state index contributed by atoms with van der Waals surface area (Å²) in [6, 6.07) is 19.6. The molecule has 1 aliphatic heterocycles. The smallest absolute Gasteiger partial charge is 0.338 e. The Labute approximate surface area is 255 Å². The second-order valence-corrected chi connectivity index (χ2v) is 11.9. The van der Waals surface area contributed by atoms with Crippen molar-refractivity contribution in [2.45, 2.75) is 13.0 Å². The Morgan fingerprint density at radius 1 is 1.10 bits per heavy atom. The molecule has 5 rings (SSSR count). The molecule has 0 radical (unpaired) electrons. The predicted molar refractivity (Wildman–Crippen MR) is 168 cm³/mol. The van der Waals surface area contributed by atoms with E-state index in [1.165, 1.54) is 11.3 Å². The minimum atomic E-state index is -0.761. The number of thiazole rings is 1. The van der Waals surface area contributed by atoms with Crippen LogP contribution in [0, 0.1) is 7.14 Å². The van der Waals surface area contributed by atoms with Crippen molar-refractivity contribution in [3.8, 4) is 11.5 Å². The first-order chi connectivity index (χ1) is 18.8. The molecule has 0 aliphatic carbocycles. The second kappa shape index (κ2) is 11.6. The fraction of sp³-hybridized carbons (Fsp3) is 0.138. The molecule has 0 saturated heterocycles. The van der Waals surface area contributed by atoms with Gasteiger partial charge in [-0.3, -0.25) is 9.36 Å². The van der Waals surface area contributed by atoms with Crippen molar-refractivity contribution in [1.29, 1.82) is 0 Å². The van der Waals surface area contributed by atoms with E-state index in [-0.39, 0.29) is 17.9 Å². The van der Waals surface area contributed by atoms with Crippen LogP contribution < -0.4 is 19.6 Å². The van der Waals surface area contributed by atoms with Crippen LogP contribution in [0.15, 0.2) is 82.1 Å². The molecule has 0 spiro atoms. The van der Waals surface area contributed by atoms with Crippen molar-refractivity contribution in [3.63, 3.8) is 0 Å². The maximum Gasteiger partial charge on any atom is 0.338 e. The summed E-state index contributed by atoms with van der Waals surface area (Å²) in [7, 11) is 1.58. The lowest BCUT2D eigenvalue weighted by molar-refractivity contribution is -0.138. The first kappa shape index (κ1) is 27.6. The second-order valence-electron chi connectivity index (χ2n) is 8.54. The summed E-state index contributed by atoms with van der Waals surface area (Å²) in [5.41, 5.74) is 2.74. The number of phenols is 1. The van der Waals surface area contributed by atoms with Gasteiger partial charge >= 0.3 is 5.97 Å². The van der Waals surface area contributed by atoms with Crippen molar-refractivity contribution < 1.29 is 19.4 Å². The molecule has 7 nitrogen and oxygen atoms in total. The third kappa shape index (κ3) is 5.41. The highest BCUT2D eigenvalue weighted by atomic mass is 127. The lowest BCUT2D eigenvalue weighted by atomic mass is 9.93. The number of carbonyl (C=O) groups is 1. The highest BCUT2D eigenvalue weighted by Crippen LogP contribution is 2.35. The standard InChI is InChI=1S/C29H22I2N2O5S/c1-3-38-28(36)23-24(17-7-5-4-6-8-17)32-29-33(25(23)18-9-11-19(37-2)12-10-18)27(35)22(39-29)15-16-13-20(30)26(34)21(31)14-16/h4-15,25,34H,3H2,1-2H3/b22-15-/t25-/m0/s1. The summed E-state index contributed by atoms with van der Waals surface area (Å²) in [5.74, 6) is 0.339. The molecule has 0 saturated carbocycles. The van der Waals surface area contributed by atoms with E-state index in [0.29, 0.717) is 33.5 Å². The van der Waals surface area contributed by atoms with E-state index in [1.807, 2.05) is 54.6 Å². The fourth-order valence-corrected chi connectivity index (χ4v) is 7.18. The number of rotatable bonds is 6. The van der Waals surface area contributed by atoms with Gasteiger partial charge in [-0.25, -0.2) is 9.79 Å². The highest BCUT2D eigenvalue weighted by molar-refractivity contribution is 14.1. The van der Waals surface area contributed by atoms with Crippen molar-refractivity contribution in [2.75, 3.05) is 13.7 Å². The number of phenolic OH excluding ortho intramolecular Hbond substituents is 1. The predicted octanol–water partition coefficient (Wildman–Crippen LogP) is 4.86. The number of esters is 1. The van der Waals surface area contributed by atoms with E-state index in [1.54, 1.807) is 36.8 Å². The topological polar surface area (TPSA) is 90.1 Å². The zero-order valence-electron chi connectivity index (χ0n) is 20.9. The Morgan fingerprint density at radius 2 is 1.77 bits per heavy atom. The number of methoxy groups -OCH3 is 1. The number of hydrogen-bond donors (Lipinski definition) is 1. The van der Waals surface area contributed by atoms with Gasteiger partial charge < -0.3 is 14.6 Å². The zero-order chi connectivity index (χ0) is 27.7. The van der Waals surface area contributed by atoms with Gasteiger partial charge in [0.15, 0.2) is 4.80 Å². The Hall–Kier alpha value is -2.97. The lowest BCUT2D eigenvalue weighted by Crippen LogP contribution is -2.40. The molecule has 198 valence electrons. The maximum absolute atomic E-state index is 14.0. The van der Waals surface area contributed by atoms with E-state index in [0.717, 1.165) is 16.7 Å². The SMILES string of the molecule is CCOC(=O)C1=C(c2ccccc2)N=c2s/c(=C\c3cc(I)c(O)c(I)c3)c(=O)n2[C@H]1c1ccc(OC)cc1. The van der Waals surface area contributed by atoms with Crippen LogP contribution >= 0.6 is 56.5 Å². The molecule has 1 aromatic heterocycles. The molecule has 1 atom stereocenters. The molecule has 1 aliphatic rings. The average Bonchev–Trinajstić information content (AvgIpc) is 3.25.